The Bertz CT molecular complexity index is 512. The smallest absolute Gasteiger partial charge is 0.326 e. The number of amides is 1. The zero-order chi connectivity index (χ0) is 14.0. The van der Waals surface area contributed by atoms with Crippen LogP contribution in [0.5, 0.6) is 5.75 Å². The lowest BCUT2D eigenvalue weighted by atomic mass is 10.00. The molecule has 1 unspecified atom stereocenters. The highest BCUT2D eigenvalue weighted by Gasteiger charge is 2.33. The van der Waals surface area contributed by atoms with Crippen molar-refractivity contribution in [3.05, 3.63) is 29.3 Å². The number of aliphatic carboxylic acids is 1. The number of rotatable bonds is 2. The van der Waals surface area contributed by atoms with Crippen LogP contribution in [-0.2, 0) is 4.79 Å². The van der Waals surface area contributed by atoms with Crippen molar-refractivity contribution in [2.45, 2.75) is 32.2 Å². The van der Waals surface area contributed by atoms with Gasteiger partial charge in [0.15, 0.2) is 0 Å². The summed E-state index contributed by atoms with van der Waals surface area (Å²) in [5.74, 6) is -1.50. The molecule has 19 heavy (non-hydrogen) atoms. The van der Waals surface area contributed by atoms with E-state index in [0.29, 0.717) is 13.0 Å². The summed E-state index contributed by atoms with van der Waals surface area (Å²) >= 11 is 0. The lowest BCUT2D eigenvalue weighted by Gasteiger charge is -2.33. The predicted octanol–water partition coefficient (Wildman–Crippen LogP) is 1.78. The Morgan fingerprint density at radius 1 is 1.32 bits per heavy atom. The number of benzene rings is 1. The summed E-state index contributed by atoms with van der Waals surface area (Å²) in [4.78, 5) is 24.9. The molecule has 0 aliphatic carbocycles. The summed E-state index contributed by atoms with van der Waals surface area (Å²) < 4.78 is 0. The van der Waals surface area contributed by atoms with Crippen molar-refractivity contribution < 1.29 is 19.8 Å². The third kappa shape index (κ3) is 2.70. The van der Waals surface area contributed by atoms with E-state index in [4.69, 9.17) is 0 Å². The van der Waals surface area contributed by atoms with Gasteiger partial charge in [-0.05, 0) is 38.3 Å². The van der Waals surface area contributed by atoms with Crippen molar-refractivity contribution in [1.82, 2.24) is 4.90 Å². The maximum Gasteiger partial charge on any atom is 0.326 e. The minimum atomic E-state index is -0.986. The van der Waals surface area contributed by atoms with E-state index in [1.54, 1.807) is 12.1 Å². The SMILES string of the molecule is Cc1ccc(O)c(C(=O)N2CCCCC2C(=O)O)c1. The van der Waals surface area contributed by atoms with Gasteiger partial charge in [-0.15, -0.1) is 0 Å². The molecule has 1 fully saturated rings. The second-order valence-corrected chi connectivity index (χ2v) is 4.87. The number of likely N-dealkylation sites (tertiary alicyclic amines) is 1. The number of phenols is 1. The van der Waals surface area contributed by atoms with Gasteiger partial charge < -0.3 is 15.1 Å². The molecule has 5 heteroatoms. The van der Waals surface area contributed by atoms with E-state index in [9.17, 15) is 19.8 Å². The van der Waals surface area contributed by atoms with E-state index in [1.807, 2.05) is 6.92 Å². The van der Waals surface area contributed by atoms with Gasteiger partial charge in [0.1, 0.15) is 11.8 Å². The predicted molar refractivity (Wildman–Crippen MR) is 69.2 cm³/mol. The number of aromatic hydroxyl groups is 1. The fourth-order valence-electron chi connectivity index (χ4n) is 2.41. The van der Waals surface area contributed by atoms with Crippen LogP contribution >= 0.6 is 0 Å². The lowest BCUT2D eigenvalue weighted by molar-refractivity contribution is -0.143. The number of carbonyl (C=O) groups is 2. The van der Waals surface area contributed by atoms with Crippen LogP contribution in [0.3, 0.4) is 0 Å². The van der Waals surface area contributed by atoms with Crippen molar-refractivity contribution in [2.75, 3.05) is 6.54 Å². The molecule has 1 aromatic rings. The highest BCUT2D eigenvalue weighted by Crippen LogP contribution is 2.25. The van der Waals surface area contributed by atoms with Crippen molar-refractivity contribution >= 4 is 11.9 Å². The fourth-order valence-corrected chi connectivity index (χ4v) is 2.41. The summed E-state index contributed by atoms with van der Waals surface area (Å²) in [7, 11) is 0. The third-order valence-electron chi connectivity index (χ3n) is 3.43. The van der Waals surface area contributed by atoms with Crippen molar-refractivity contribution in [3.8, 4) is 5.75 Å². The molecule has 0 spiro atoms. The molecule has 1 atom stereocenters. The number of carboxylic acids is 1. The molecular formula is C14H17NO4. The van der Waals surface area contributed by atoms with Crippen molar-refractivity contribution in [2.24, 2.45) is 0 Å². The normalized spacial score (nSPS) is 19.2. The van der Waals surface area contributed by atoms with Gasteiger partial charge in [0, 0.05) is 6.54 Å². The molecule has 1 aliphatic heterocycles. The van der Waals surface area contributed by atoms with Crippen molar-refractivity contribution in [1.29, 1.82) is 0 Å². The molecule has 1 aliphatic rings. The zero-order valence-corrected chi connectivity index (χ0v) is 10.8. The average Bonchev–Trinajstić information content (AvgIpc) is 2.40. The second kappa shape index (κ2) is 5.30. The quantitative estimate of drug-likeness (QED) is 0.852. The first-order chi connectivity index (χ1) is 9.00. The second-order valence-electron chi connectivity index (χ2n) is 4.87. The Balaban J connectivity index is 2.31. The number of carboxylic acid groups (broad SMARTS) is 1. The summed E-state index contributed by atoms with van der Waals surface area (Å²) in [6.45, 7) is 2.24. The van der Waals surface area contributed by atoms with Crippen LogP contribution in [0.4, 0.5) is 0 Å². The minimum Gasteiger partial charge on any atom is -0.507 e. The molecular weight excluding hydrogens is 246 g/mol. The molecule has 1 heterocycles. The maximum atomic E-state index is 12.4. The first-order valence-corrected chi connectivity index (χ1v) is 6.34. The zero-order valence-electron chi connectivity index (χ0n) is 10.8. The minimum absolute atomic E-state index is 0.106. The van der Waals surface area contributed by atoms with Crippen LogP contribution in [-0.4, -0.2) is 39.6 Å². The molecule has 5 nitrogen and oxygen atoms in total. The molecule has 0 bridgehead atoms. The van der Waals surface area contributed by atoms with Gasteiger partial charge in [-0.2, -0.15) is 0 Å². The van der Waals surface area contributed by atoms with E-state index in [-0.39, 0.29) is 11.3 Å². The number of hydrogen-bond donors (Lipinski definition) is 2. The van der Waals surface area contributed by atoms with Gasteiger partial charge in [0.05, 0.1) is 5.56 Å². The number of nitrogens with zero attached hydrogens (tertiary/aromatic N) is 1. The molecule has 1 saturated heterocycles. The van der Waals surface area contributed by atoms with E-state index in [0.717, 1.165) is 18.4 Å². The van der Waals surface area contributed by atoms with E-state index >= 15 is 0 Å². The molecule has 0 saturated carbocycles. The maximum absolute atomic E-state index is 12.4. The Morgan fingerprint density at radius 2 is 2.05 bits per heavy atom. The molecule has 1 amide bonds. The summed E-state index contributed by atoms with van der Waals surface area (Å²) in [5.41, 5.74) is 1.03. The number of aryl methyl sites for hydroxylation is 1. The highest BCUT2D eigenvalue weighted by atomic mass is 16.4. The van der Waals surface area contributed by atoms with Crippen LogP contribution in [0.1, 0.15) is 35.2 Å². The van der Waals surface area contributed by atoms with E-state index in [1.165, 1.54) is 11.0 Å². The highest BCUT2D eigenvalue weighted by molar-refractivity contribution is 5.99. The Labute approximate surface area is 111 Å². The van der Waals surface area contributed by atoms with Crippen LogP contribution in [0, 0.1) is 6.92 Å². The number of phenolic OH excluding ortho intramolecular Hbond substituents is 1. The molecule has 2 N–H and O–H groups in total. The topological polar surface area (TPSA) is 77.8 Å². The van der Waals surface area contributed by atoms with Crippen LogP contribution < -0.4 is 0 Å². The monoisotopic (exact) mass is 263 g/mol. The first-order valence-electron chi connectivity index (χ1n) is 6.34. The first kappa shape index (κ1) is 13.4. The van der Waals surface area contributed by atoms with Gasteiger partial charge in [0.25, 0.3) is 5.91 Å². The van der Waals surface area contributed by atoms with Gasteiger partial charge in [-0.3, -0.25) is 4.79 Å². The van der Waals surface area contributed by atoms with Crippen molar-refractivity contribution in [3.63, 3.8) is 0 Å². The van der Waals surface area contributed by atoms with Gasteiger partial charge in [-0.1, -0.05) is 11.6 Å². The number of hydrogen-bond acceptors (Lipinski definition) is 3. The third-order valence-corrected chi connectivity index (χ3v) is 3.43. The molecule has 1 aromatic carbocycles. The summed E-state index contributed by atoms with van der Waals surface area (Å²) in [6.07, 6.45) is 2.07. The van der Waals surface area contributed by atoms with Crippen LogP contribution in [0.25, 0.3) is 0 Å². The average molecular weight is 263 g/mol. The van der Waals surface area contributed by atoms with Gasteiger partial charge in [0.2, 0.25) is 0 Å². The van der Waals surface area contributed by atoms with Crippen LogP contribution in [0.15, 0.2) is 18.2 Å². The Morgan fingerprint density at radius 3 is 2.74 bits per heavy atom. The standard InChI is InChI=1S/C14H17NO4/c1-9-5-6-12(16)10(8-9)13(17)15-7-3-2-4-11(15)14(18)19/h5-6,8,11,16H,2-4,7H2,1H3,(H,18,19). The molecule has 2 rings (SSSR count). The van der Waals surface area contributed by atoms with E-state index < -0.39 is 17.9 Å². The van der Waals surface area contributed by atoms with Gasteiger partial charge >= 0.3 is 5.97 Å². The lowest BCUT2D eigenvalue weighted by Crippen LogP contribution is -2.48. The summed E-state index contributed by atoms with van der Waals surface area (Å²) in [5, 5.41) is 18.9. The van der Waals surface area contributed by atoms with Gasteiger partial charge in [-0.25, -0.2) is 4.79 Å². The summed E-state index contributed by atoms with van der Waals surface area (Å²) in [6, 6.07) is 3.96. The fraction of sp³-hybridized carbons (Fsp3) is 0.429. The van der Waals surface area contributed by atoms with Crippen LogP contribution in [0.2, 0.25) is 0 Å². The molecule has 102 valence electrons. The molecule has 0 radical (unpaired) electrons. The Hall–Kier alpha value is -2.04. The largest absolute Gasteiger partial charge is 0.507 e. The Kier molecular flexibility index (Phi) is 3.74. The van der Waals surface area contributed by atoms with E-state index in [2.05, 4.69) is 0 Å². The number of carbonyl (C=O) groups excluding carboxylic acids is 1. The molecule has 0 aromatic heterocycles. The number of piperidine rings is 1.